The van der Waals surface area contributed by atoms with Crippen molar-refractivity contribution in [2.24, 2.45) is 5.92 Å². The van der Waals surface area contributed by atoms with Gasteiger partial charge in [-0.3, -0.25) is 0 Å². The van der Waals surface area contributed by atoms with Crippen LogP contribution in [0.3, 0.4) is 0 Å². The highest BCUT2D eigenvalue weighted by molar-refractivity contribution is 4.98. The minimum atomic E-state index is 0.279. The maximum absolute atomic E-state index is 5.88. The van der Waals surface area contributed by atoms with Gasteiger partial charge in [-0.2, -0.15) is 0 Å². The van der Waals surface area contributed by atoms with Gasteiger partial charge in [-0.05, 0) is 45.1 Å². The van der Waals surface area contributed by atoms with Crippen molar-refractivity contribution in [1.29, 1.82) is 0 Å². The van der Waals surface area contributed by atoms with Crippen LogP contribution in [0.2, 0.25) is 0 Å². The van der Waals surface area contributed by atoms with Crippen molar-refractivity contribution in [2.45, 2.75) is 89.5 Å². The van der Waals surface area contributed by atoms with Crippen LogP contribution in [0.25, 0.3) is 0 Å². The third-order valence-corrected chi connectivity index (χ3v) is 5.33. The van der Waals surface area contributed by atoms with Gasteiger partial charge in [0.2, 0.25) is 0 Å². The van der Waals surface area contributed by atoms with Crippen molar-refractivity contribution < 1.29 is 4.74 Å². The number of nitrogens with zero attached hydrogens (tertiary/aromatic N) is 2. The Bertz CT molecular complexity index is 451. The Morgan fingerprint density at radius 3 is 2.39 bits per heavy atom. The van der Waals surface area contributed by atoms with E-state index in [1.165, 1.54) is 38.5 Å². The number of rotatable bonds is 5. The molecule has 4 heteroatoms. The van der Waals surface area contributed by atoms with Crippen molar-refractivity contribution in [3.05, 3.63) is 24.3 Å². The van der Waals surface area contributed by atoms with Gasteiger partial charge in [-0.25, -0.2) is 9.97 Å². The fraction of sp³-hybridized carbons (Fsp3) is 0.789. The summed E-state index contributed by atoms with van der Waals surface area (Å²) in [5.41, 5.74) is 0. The van der Waals surface area contributed by atoms with Crippen LogP contribution in [0.4, 0.5) is 0 Å². The Hall–Kier alpha value is -1.00. The van der Waals surface area contributed by atoms with Crippen LogP contribution in [0.1, 0.15) is 77.1 Å². The third-order valence-electron chi connectivity index (χ3n) is 5.33. The average molecular weight is 317 g/mol. The first kappa shape index (κ1) is 16.8. The highest BCUT2D eigenvalue weighted by Crippen LogP contribution is 2.32. The first-order valence-electron chi connectivity index (χ1n) is 9.39. The second kappa shape index (κ2) is 8.20. The minimum Gasteiger partial charge on any atom is -0.375 e. The van der Waals surface area contributed by atoms with Crippen molar-refractivity contribution in [3.8, 4) is 0 Å². The van der Waals surface area contributed by atoms with E-state index in [2.05, 4.69) is 29.1 Å². The molecule has 1 unspecified atom stereocenters. The molecule has 0 bridgehead atoms. The molecule has 23 heavy (non-hydrogen) atoms. The number of ether oxygens (including phenoxy) is 1. The molecule has 2 heterocycles. The quantitative estimate of drug-likeness (QED) is 0.890. The summed E-state index contributed by atoms with van der Waals surface area (Å²) in [6.07, 6.45) is 14.7. The molecule has 4 atom stereocenters. The first-order chi connectivity index (χ1) is 11.2. The molecule has 1 aromatic rings. The zero-order chi connectivity index (χ0) is 16.1. The molecule has 1 aromatic heterocycles. The number of aromatic nitrogens is 2. The van der Waals surface area contributed by atoms with Gasteiger partial charge < -0.3 is 10.1 Å². The zero-order valence-electron chi connectivity index (χ0n) is 14.6. The molecular weight excluding hydrogens is 286 g/mol. The SMILES string of the molecule is C[C@@H]1CC(N[C@@H](CC2CCCCC2)c2ncccn2)C[C@H](C)O1. The lowest BCUT2D eigenvalue weighted by Gasteiger charge is -2.36. The van der Waals surface area contributed by atoms with Gasteiger partial charge in [0.25, 0.3) is 0 Å². The van der Waals surface area contributed by atoms with Crippen LogP contribution in [0.5, 0.6) is 0 Å². The fourth-order valence-corrected chi connectivity index (χ4v) is 4.32. The van der Waals surface area contributed by atoms with E-state index >= 15 is 0 Å². The van der Waals surface area contributed by atoms with E-state index in [0.29, 0.717) is 18.2 Å². The Morgan fingerprint density at radius 2 is 1.74 bits per heavy atom. The van der Waals surface area contributed by atoms with Crippen LogP contribution >= 0.6 is 0 Å². The highest BCUT2D eigenvalue weighted by atomic mass is 16.5. The topological polar surface area (TPSA) is 47.0 Å². The largest absolute Gasteiger partial charge is 0.375 e. The molecule has 128 valence electrons. The molecule has 1 aliphatic heterocycles. The molecule has 2 fully saturated rings. The van der Waals surface area contributed by atoms with E-state index in [4.69, 9.17) is 4.74 Å². The summed E-state index contributed by atoms with van der Waals surface area (Å²) in [7, 11) is 0. The van der Waals surface area contributed by atoms with E-state index in [-0.39, 0.29) is 6.04 Å². The van der Waals surface area contributed by atoms with Crippen LogP contribution in [0.15, 0.2) is 18.5 Å². The highest BCUT2D eigenvalue weighted by Gasteiger charge is 2.29. The van der Waals surface area contributed by atoms with E-state index in [1.807, 2.05) is 18.5 Å². The summed E-state index contributed by atoms with van der Waals surface area (Å²) < 4.78 is 5.88. The Kier molecular flexibility index (Phi) is 6.01. The number of nitrogens with one attached hydrogen (secondary N) is 1. The van der Waals surface area contributed by atoms with Crippen LogP contribution < -0.4 is 5.32 Å². The van der Waals surface area contributed by atoms with E-state index in [0.717, 1.165) is 24.6 Å². The Morgan fingerprint density at radius 1 is 1.09 bits per heavy atom. The average Bonchev–Trinajstić information content (AvgIpc) is 2.55. The molecule has 4 nitrogen and oxygen atoms in total. The van der Waals surface area contributed by atoms with Gasteiger partial charge in [0.05, 0.1) is 18.2 Å². The fourth-order valence-electron chi connectivity index (χ4n) is 4.32. The third kappa shape index (κ3) is 4.98. The lowest BCUT2D eigenvalue weighted by atomic mass is 9.84. The molecule has 0 aromatic carbocycles. The molecular formula is C19H31N3O. The van der Waals surface area contributed by atoms with E-state index < -0.39 is 0 Å². The van der Waals surface area contributed by atoms with Crippen LogP contribution in [-0.4, -0.2) is 28.2 Å². The van der Waals surface area contributed by atoms with Crippen LogP contribution in [-0.2, 0) is 4.74 Å². The summed E-state index contributed by atoms with van der Waals surface area (Å²) in [4.78, 5) is 9.09. The minimum absolute atomic E-state index is 0.279. The number of hydrogen-bond donors (Lipinski definition) is 1. The standard InChI is InChI=1S/C19H31N3O/c1-14-11-17(12-15(2)23-14)22-18(19-20-9-6-10-21-19)13-16-7-4-3-5-8-16/h6,9-10,14-18,22H,3-5,7-8,11-13H2,1-2H3/t14-,15+,17?,18-/m0/s1. The van der Waals surface area contributed by atoms with Crippen molar-refractivity contribution in [2.75, 3.05) is 0 Å². The Labute approximate surface area is 140 Å². The molecule has 1 aliphatic carbocycles. The van der Waals surface area contributed by atoms with E-state index in [1.54, 1.807) is 0 Å². The Balaban J connectivity index is 1.67. The van der Waals surface area contributed by atoms with Crippen LogP contribution in [0, 0.1) is 5.92 Å². The second-order valence-corrected chi connectivity index (χ2v) is 7.49. The molecule has 3 rings (SSSR count). The molecule has 0 spiro atoms. The maximum atomic E-state index is 5.88. The lowest BCUT2D eigenvalue weighted by molar-refractivity contribution is -0.0442. The predicted molar refractivity (Wildman–Crippen MR) is 92.1 cm³/mol. The molecule has 2 aliphatic rings. The molecule has 0 amide bonds. The number of hydrogen-bond acceptors (Lipinski definition) is 4. The van der Waals surface area contributed by atoms with Gasteiger partial charge >= 0.3 is 0 Å². The molecule has 1 N–H and O–H groups in total. The normalized spacial score (nSPS) is 31.0. The molecule has 1 saturated carbocycles. The van der Waals surface area contributed by atoms with Crippen molar-refractivity contribution in [3.63, 3.8) is 0 Å². The summed E-state index contributed by atoms with van der Waals surface area (Å²) in [5.74, 6) is 1.78. The summed E-state index contributed by atoms with van der Waals surface area (Å²) >= 11 is 0. The first-order valence-corrected chi connectivity index (χ1v) is 9.39. The van der Waals surface area contributed by atoms with Gasteiger partial charge in [0.15, 0.2) is 0 Å². The van der Waals surface area contributed by atoms with Gasteiger partial charge in [-0.1, -0.05) is 32.1 Å². The zero-order valence-corrected chi connectivity index (χ0v) is 14.6. The lowest BCUT2D eigenvalue weighted by Crippen LogP contribution is -2.43. The predicted octanol–water partition coefficient (Wildman–Crippen LogP) is 4.03. The molecule has 0 radical (unpaired) electrons. The monoisotopic (exact) mass is 317 g/mol. The second-order valence-electron chi connectivity index (χ2n) is 7.49. The smallest absolute Gasteiger partial charge is 0.145 e. The van der Waals surface area contributed by atoms with Gasteiger partial charge in [0.1, 0.15) is 5.82 Å². The summed E-state index contributed by atoms with van der Waals surface area (Å²) in [5, 5.41) is 3.88. The van der Waals surface area contributed by atoms with Gasteiger partial charge in [0, 0.05) is 18.4 Å². The molecule has 1 saturated heterocycles. The van der Waals surface area contributed by atoms with Gasteiger partial charge in [-0.15, -0.1) is 0 Å². The van der Waals surface area contributed by atoms with Crippen molar-refractivity contribution in [1.82, 2.24) is 15.3 Å². The maximum Gasteiger partial charge on any atom is 0.145 e. The van der Waals surface area contributed by atoms with Crippen molar-refractivity contribution >= 4 is 0 Å². The summed E-state index contributed by atoms with van der Waals surface area (Å²) in [6.45, 7) is 4.36. The van der Waals surface area contributed by atoms with E-state index in [9.17, 15) is 0 Å². The summed E-state index contributed by atoms with van der Waals surface area (Å²) in [6, 6.07) is 2.69.